The number of hydrogen-bond donors (Lipinski definition) is 0. The van der Waals surface area contributed by atoms with Gasteiger partial charge < -0.3 is 28.4 Å². The van der Waals surface area contributed by atoms with Crippen LogP contribution in [0.3, 0.4) is 0 Å². The Morgan fingerprint density at radius 2 is 0.619 bits per heavy atom. The molecule has 0 saturated heterocycles. The predicted octanol–water partition coefficient (Wildman–Crippen LogP) is 6.47. The van der Waals surface area contributed by atoms with Crippen LogP contribution in [0.1, 0.15) is 16.7 Å². The van der Waals surface area contributed by atoms with E-state index in [0.717, 1.165) is 16.7 Å². The number of hydrogen-bond acceptors (Lipinski definition) is 6. The van der Waals surface area contributed by atoms with E-state index in [0.29, 0.717) is 39.6 Å². The predicted molar refractivity (Wildman–Crippen MR) is 165 cm³/mol. The maximum absolute atomic E-state index is 6.68. The Morgan fingerprint density at radius 1 is 0.381 bits per heavy atom. The molecule has 0 aromatic heterocycles. The highest BCUT2D eigenvalue weighted by Gasteiger charge is 2.54. The van der Waals surface area contributed by atoms with E-state index in [4.69, 9.17) is 28.4 Å². The van der Waals surface area contributed by atoms with Crippen LogP contribution in [0.15, 0.2) is 129 Å². The molecule has 0 unspecified atom stereocenters. The minimum absolute atomic E-state index is 0.304. The van der Waals surface area contributed by atoms with Crippen LogP contribution in [0, 0.1) is 0 Å². The molecule has 0 bridgehead atoms. The lowest BCUT2D eigenvalue weighted by atomic mass is 9.83. The average Bonchev–Trinajstić information content (AvgIpc) is 3.04. The smallest absolute Gasteiger partial charge is 0.116 e. The molecule has 0 radical (unpaired) electrons. The second-order valence-electron chi connectivity index (χ2n) is 10.0. The molecule has 3 aromatic carbocycles. The quantitative estimate of drug-likeness (QED) is 0.164. The summed E-state index contributed by atoms with van der Waals surface area (Å²) in [6, 6.07) is 30.1. The van der Waals surface area contributed by atoms with E-state index in [1.807, 2.05) is 91.0 Å². The van der Waals surface area contributed by atoms with Gasteiger partial charge in [-0.2, -0.15) is 0 Å². The van der Waals surface area contributed by atoms with E-state index in [1.54, 1.807) is 18.2 Å². The van der Waals surface area contributed by atoms with Crippen molar-refractivity contribution >= 4 is 0 Å². The van der Waals surface area contributed by atoms with E-state index >= 15 is 0 Å². The minimum atomic E-state index is -0.548. The zero-order chi connectivity index (χ0) is 29.4. The summed E-state index contributed by atoms with van der Waals surface area (Å²) in [4.78, 5) is 0. The first-order valence-corrected chi connectivity index (χ1v) is 14.4. The van der Waals surface area contributed by atoms with Crippen LogP contribution >= 0.6 is 0 Å². The standard InChI is InChI=1S/C36H42O6/c1-4-22-37-31-32(38-23-5-2)35(41-26-29-18-12-8-13-19-29)36(42-27-30-20-14-9-15-21-30)33(39-24-6-3)34(31)40-25-28-16-10-7-11-17-28/h4-21,31-36H,1-3,22-27H2/t31-,32-,33-,34-,35+,36+/m1/s1. The highest BCUT2D eigenvalue weighted by Crippen LogP contribution is 2.35. The molecular weight excluding hydrogens is 528 g/mol. The van der Waals surface area contributed by atoms with E-state index < -0.39 is 36.6 Å². The third kappa shape index (κ3) is 9.07. The molecule has 0 heterocycles. The lowest BCUT2D eigenvalue weighted by Gasteiger charge is -2.49. The number of ether oxygens (including phenoxy) is 6. The van der Waals surface area contributed by atoms with E-state index in [2.05, 4.69) is 19.7 Å². The molecule has 42 heavy (non-hydrogen) atoms. The molecule has 0 aliphatic heterocycles. The van der Waals surface area contributed by atoms with Gasteiger partial charge in [0.1, 0.15) is 36.6 Å². The van der Waals surface area contributed by atoms with Gasteiger partial charge in [-0.1, -0.05) is 109 Å². The molecule has 1 fully saturated rings. The van der Waals surface area contributed by atoms with Gasteiger partial charge in [-0.3, -0.25) is 0 Å². The molecule has 6 heteroatoms. The summed E-state index contributed by atoms with van der Waals surface area (Å²) in [6.07, 6.45) is 1.89. The molecule has 1 aliphatic carbocycles. The summed E-state index contributed by atoms with van der Waals surface area (Å²) >= 11 is 0. The van der Waals surface area contributed by atoms with Gasteiger partial charge in [0.05, 0.1) is 39.6 Å². The summed E-state index contributed by atoms with van der Waals surface area (Å²) in [7, 11) is 0. The van der Waals surface area contributed by atoms with Crippen molar-refractivity contribution in [3.05, 3.63) is 146 Å². The van der Waals surface area contributed by atoms with Crippen molar-refractivity contribution in [1.29, 1.82) is 0 Å². The molecule has 0 N–H and O–H groups in total. The van der Waals surface area contributed by atoms with Gasteiger partial charge in [0.25, 0.3) is 0 Å². The second kappa shape index (κ2) is 17.6. The highest BCUT2D eigenvalue weighted by molar-refractivity contribution is 5.16. The highest BCUT2D eigenvalue weighted by atomic mass is 16.6. The fraction of sp³-hybridized carbons (Fsp3) is 0.333. The van der Waals surface area contributed by atoms with Crippen LogP contribution in [-0.4, -0.2) is 56.4 Å². The van der Waals surface area contributed by atoms with Crippen LogP contribution < -0.4 is 0 Å². The molecule has 3 aromatic rings. The van der Waals surface area contributed by atoms with E-state index in [1.165, 1.54) is 0 Å². The Kier molecular flexibility index (Phi) is 13.2. The molecule has 0 spiro atoms. The maximum Gasteiger partial charge on any atom is 0.116 e. The summed E-state index contributed by atoms with van der Waals surface area (Å²) in [5.74, 6) is 0. The van der Waals surface area contributed by atoms with Crippen LogP contribution in [-0.2, 0) is 48.2 Å². The van der Waals surface area contributed by atoms with Crippen molar-refractivity contribution in [1.82, 2.24) is 0 Å². The van der Waals surface area contributed by atoms with Crippen LogP contribution in [0.2, 0.25) is 0 Å². The number of rotatable bonds is 18. The second-order valence-corrected chi connectivity index (χ2v) is 10.0. The Hall–Kier alpha value is -3.36. The average molecular weight is 571 g/mol. The van der Waals surface area contributed by atoms with Crippen molar-refractivity contribution in [2.75, 3.05) is 19.8 Å². The van der Waals surface area contributed by atoms with Gasteiger partial charge in [0, 0.05) is 0 Å². The maximum atomic E-state index is 6.68. The van der Waals surface area contributed by atoms with Crippen LogP contribution in [0.5, 0.6) is 0 Å². The molecular formula is C36H42O6. The minimum Gasteiger partial charge on any atom is -0.369 e. The summed E-state index contributed by atoms with van der Waals surface area (Å²) in [5.41, 5.74) is 3.11. The van der Waals surface area contributed by atoms with Crippen molar-refractivity contribution < 1.29 is 28.4 Å². The Bertz CT molecular complexity index is 1190. The third-order valence-corrected chi connectivity index (χ3v) is 7.02. The Labute approximate surface area is 250 Å². The number of benzene rings is 3. The molecule has 4 rings (SSSR count). The first-order chi connectivity index (χ1) is 20.7. The first-order valence-electron chi connectivity index (χ1n) is 14.4. The first kappa shape index (κ1) is 31.6. The van der Waals surface area contributed by atoms with E-state index in [-0.39, 0.29) is 0 Å². The zero-order valence-corrected chi connectivity index (χ0v) is 24.2. The van der Waals surface area contributed by atoms with Gasteiger partial charge in [-0.25, -0.2) is 0 Å². The van der Waals surface area contributed by atoms with Gasteiger partial charge >= 0.3 is 0 Å². The zero-order valence-electron chi connectivity index (χ0n) is 24.2. The van der Waals surface area contributed by atoms with Gasteiger partial charge in [0.2, 0.25) is 0 Å². The molecule has 1 aliphatic rings. The lowest BCUT2D eigenvalue weighted by molar-refractivity contribution is -0.283. The summed E-state index contributed by atoms with van der Waals surface area (Å²) < 4.78 is 39.2. The molecule has 1 saturated carbocycles. The summed E-state index contributed by atoms with van der Waals surface area (Å²) in [6.45, 7) is 13.6. The third-order valence-electron chi connectivity index (χ3n) is 7.02. The van der Waals surface area contributed by atoms with Crippen LogP contribution in [0.4, 0.5) is 0 Å². The van der Waals surface area contributed by atoms with Gasteiger partial charge in [-0.15, -0.1) is 19.7 Å². The Morgan fingerprint density at radius 3 is 0.857 bits per heavy atom. The van der Waals surface area contributed by atoms with Gasteiger partial charge in [-0.05, 0) is 16.7 Å². The lowest BCUT2D eigenvalue weighted by Crippen LogP contribution is -2.67. The van der Waals surface area contributed by atoms with Crippen LogP contribution in [0.25, 0.3) is 0 Å². The largest absolute Gasteiger partial charge is 0.369 e. The van der Waals surface area contributed by atoms with Crippen molar-refractivity contribution in [2.24, 2.45) is 0 Å². The molecule has 6 nitrogen and oxygen atoms in total. The molecule has 6 atom stereocenters. The summed E-state index contributed by atoms with van der Waals surface area (Å²) in [5, 5.41) is 0. The fourth-order valence-corrected chi connectivity index (χ4v) is 5.10. The van der Waals surface area contributed by atoms with Crippen molar-refractivity contribution in [3.8, 4) is 0 Å². The van der Waals surface area contributed by atoms with Crippen molar-refractivity contribution in [2.45, 2.75) is 56.4 Å². The van der Waals surface area contributed by atoms with Gasteiger partial charge in [0.15, 0.2) is 0 Å². The fourth-order valence-electron chi connectivity index (χ4n) is 5.10. The topological polar surface area (TPSA) is 55.4 Å². The Balaban J connectivity index is 1.72. The molecule has 222 valence electrons. The molecule has 0 amide bonds. The van der Waals surface area contributed by atoms with Crippen molar-refractivity contribution in [3.63, 3.8) is 0 Å². The normalized spacial score (nSPS) is 23.7. The monoisotopic (exact) mass is 570 g/mol. The van der Waals surface area contributed by atoms with E-state index in [9.17, 15) is 0 Å². The SMILES string of the molecule is C=CCO[C@@H]1[C@@H](OCC=C)[C@H](OCc2ccccc2)[C@@H](OCc2ccccc2)[C@H](OCC=C)[C@@H]1OCc1ccccc1.